The molecule has 0 aromatic carbocycles. The lowest BCUT2D eigenvalue weighted by Crippen LogP contribution is -2.17. The normalized spacial score (nSPS) is 17.4. The molecule has 1 aliphatic rings. The van der Waals surface area contributed by atoms with Crippen LogP contribution in [0.3, 0.4) is 0 Å². The van der Waals surface area contributed by atoms with Gasteiger partial charge in [0.25, 0.3) is 0 Å². The molecule has 102 valence electrons. The average Bonchev–Trinajstić information content (AvgIpc) is 2.82. The lowest BCUT2D eigenvalue weighted by Gasteiger charge is -2.22. The van der Waals surface area contributed by atoms with Gasteiger partial charge in [0.05, 0.1) is 13.0 Å². The molecule has 1 fully saturated rings. The summed E-state index contributed by atoms with van der Waals surface area (Å²) in [6.45, 7) is 1.32. The molecule has 0 amide bonds. The molecule has 1 N–H and O–H groups in total. The molecule has 1 saturated heterocycles. The van der Waals surface area contributed by atoms with Gasteiger partial charge in [0.2, 0.25) is 0 Å². The Morgan fingerprint density at radius 3 is 2.95 bits per heavy atom. The molecule has 7 heteroatoms. The Kier molecular flexibility index (Phi) is 3.43. The first-order valence-electron chi connectivity index (χ1n) is 6.27. The highest BCUT2D eigenvalue weighted by Gasteiger charge is 2.18. The maximum Gasteiger partial charge on any atom is 0.161 e. The first kappa shape index (κ1) is 12.5. The predicted molar refractivity (Wildman–Crippen MR) is 67.3 cm³/mol. The lowest BCUT2D eigenvalue weighted by atomic mass is 9.96. The summed E-state index contributed by atoms with van der Waals surface area (Å²) in [6, 6.07) is 3.87. The number of ether oxygens (including phenoxy) is 1. The number of hydroxylamine groups is 2. The molecule has 1 aliphatic heterocycles. The average molecular weight is 263 g/mol. The van der Waals surface area contributed by atoms with E-state index in [1.807, 2.05) is 12.1 Å². The largest absolute Gasteiger partial charge is 0.761 e. The maximum atomic E-state index is 10.7. The molecule has 0 bridgehead atoms. The van der Waals surface area contributed by atoms with Crippen LogP contribution < -0.4 is 0 Å². The summed E-state index contributed by atoms with van der Waals surface area (Å²) in [5.41, 5.74) is 2.34. The van der Waals surface area contributed by atoms with E-state index in [0.29, 0.717) is 11.6 Å². The fourth-order valence-corrected chi connectivity index (χ4v) is 2.41. The van der Waals surface area contributed by atoms with Gasteiger partial charge >= 0.3 is 0 Å². The molecule has 2 aromatic rings. The van der Waals surface area contributed by atoms with Gasteiger partial charge in [0, 0.05) is 24.8 Å². The topological polar surface area (TPSA) is 86.5 Å². The zero-order valence-electron chi connectivity index (χ0n) is 10.4. The van der Waals surface area contributed by atoms with Crippen LogP contribution in [0.2, 0.25) is 0 Å². The van der Waals surface area contributed by atoms with E-state index in [4.69, 9.17) is 9.94 Å². The summed E-state index contributed by atoms with van der Waals surface area (Å²) >= 11 is 0. The number of rotatable bonds is 3. The third-order valence-electron chi connectivity index (χ3n) is 3.40. The Bertz CT molecular complexity index is 563. The second kappa shape index (κ2) is 5.22. The Labute approximate surface area is 110 Å². The molecular formula is C12H15N4O3-. The molecule has 3 heterocycles. The van der Waals surface area contributed by atoms with Crippen molar-refractivity contribution in [2.75, 3.05) is 13.2 Å². The molecule has 0 unspecified atom stereocenters. The minimum atomic E-state index is -0.194. The van der Waals surface area contributed by atoms with E-state index in [0.717, 1.165) is 37.3 Å². The zero-order chi connectivity index (χ0) is 13.2. The van der Waals surface area contributed by atoms with E-state index in [2.05, 4.69) is 9.97 Å². The second-order valence-electron chi connectivity index (χ2n) is 4.67. The number of nitrogens with zero attached hydrogens (tertiary/aromatic N) is 4. The Morgan fingerprint density at radius 2 is 2.21 bits per heavy atom. The molecule has 7 nitrogen and oxygen atoms in total. The van der Waals surface area contributed by atoms with Crippen LogP contribution in [-0.2, 0) is 11.4 Å². The number of pyridine rings is 1. The summed E-state index contributed by atoms with van der Waals surface area (Å²) in [5.74, 6) is 0.388. The van der Waals surface area contributed by atoms with Gasteiger partial charge in [-0.2, -0.15) is 0 Å². The van der Waals surface area contributed by atoms with Crippen molar-refractivity contribution in [3.63, 3.8) is 0 Å². The Balaban J connectivity index is 1.93. The fourth-order valence-electron chi connectivity index (χ4n) is 2.41. The standard InChI is InChI=1S/C12H15N4O3/c17-16(18)8-15-7-13-11-2-1-10(14-12(11)15)9-3-5-19-6-4-9/h1-2,7,9,17H,3-6,8H2/q-1. The van der Waals surface area contributed by atoms with Crippen LogP contribution in [0.4, 0.5) is 0 Å². The molecule has 0 saturated carbocycles. The van der Waals surface area contributed by atoms with Crippen molar-refractivity contribution in [1.29, 1.82) is 0 Å². The molecule has 3 rings (SSSR count). The molecule has 0 aliphatic carbocycles. The van der Waals surface area contributed by atoms with E-state index >= 15 is 0 Å². The van der Waals surface area contributed by atoms with Gasteiger partial charge in [-0.05, 0) is 25.0 Å². The number of fused-ring (bicyclic) bond motifs is 1. The minimum Gasteiger partial charge on any atom is -0.761 e. The quantitative estimate of drug-likeness (QED) is 0.844. The third-order valence-corrected chi connectivity index (χ3v) is 3.40. The van der Waals surface area contributed by atoms with Crippen molar-refractivity contribution < 1.29 is 9.94 Å². The van der Waals surface area contributed by atoms with Crippen LogP contribution in [0.15, 0.2) is 18.5 Å². The van der Waals surface area contributed by atoms with Gasteiger partial charge in [-0.15, -0.1) is 0 Å². The predicted octanol–water partition coefficient (Wildman–Crippen LogP) is 1.47. The Morgan fingerprint density at radius 1 is 1.42 bits per heavy atom. The van der Waals surface area contributed by atoms with E-state index in [1.54, 1.807) is 0 Å². The van der Waals surface area contributed by atoms with Crippen LogP contribution >= 0.6 is 0 Å². The zero-order valence-corrected chi connectivity index (χ0v) is 10.4. The lowest BCUT2D eigenvalue weighted by molar-refractivity contribution is -0.0668. The van der Waals surface area contributed by atoms with E-state index in [9.17, 15) is 5.21 Å². The molecule has 0 radical (unpaired) electrons. The highest BCUT2D eigenvalue weighted by atomic mass is 16.8. The van der Waals surface area contributed by atoms with Crippen LogP contribution in [0.25, 0.3) is 11.2 Å². The summed E-state index contributed by atoms with van der Waals surface area (Å²) < 4.78 is 6.88. The summed E-state index contributed by atoms with van der Waals surface area (Å²) in [4.78, 5) is 8.74. The fraction of sp³-hybridized carbons (Fsp3) is 0.500. The van der Waals surface area contributed by atoms with E-state index in [1.165, 1.54) is 10.9 Å². The van der Waals surface area contributed by atoms with Gasteiger partial charge in [0.1, 0.15) is 5.52 Å². The van der Waals surface area contributed by atoms with Crippen molar-refractivity contribution >= 4 is 11.2 Å². The summed E-state index contributed by atoms with van der Waals surface area (Å²) in [7, 11) is 0. The molecule has 0 atom stereocenters. The van der Waals surface area contributed by atoms with Gasteiger partial charge in [-0.3, -0.25) is 0 Å². The molecule has 0 spiro atoms. The monoisotopic (exact) mass is 263 g/mol. The van der Waals surface area contributed by atoms with Crippen molar-refractivity contribution in [1.82, 2.24) is 19.8 Å². The van der Waals surface area contributed by atoms with Gasteiger partial charge < -0.3 is 19.7 Å². The summed E-state index contributed by atoms with van der Waals surface area (Å²) in [6.07, 6.45) is 3.42. The minimum absolute atomic E-state index is 0.135. The first-order valence-corrected chi connectivity index (χ1v) is 6.27. The second-order valence-corrected chi connectivity index (χ2v) is 4.67. The smallest absolute Gasteiger partial charge is 0.161 e. The summed E-state index contributed by atoms with van der Waals surface area (Å²) in [5, 5.41) is 19.4. The van der Waals surface area contributed by atoms with Gasteiger partial charge in [-0.1, -0.05) is 0 Å². The Hall–Kier alpha value is -1.54. The number of hydrogen-bond acceptors (Lipinski definition) is 6. The highest BCUT2D eigenvalue weighted by Crippen LogP contribution is 2.26. The van der Waals surface area contributed by atoms with E-state index in [-0.39, 0.29) is 11.9 Å². The first-order chi connectivity index (χ1) is 9.24. The van der Waals surface area contributed by atoms with Gasteiger partial charge in [0.15, 0.2) is 5.65 Å². The van der Waals surface area contributed by atoms with Crippen LogP contribution in [0, 0.1) is 5.21 Å². The number of hydrogen-bond donors (Lipinski definition) is 1. The molecule has 19 heavy (non-hydrogen) atoms. The van der Waals surface area contributed by atoms with Crippen LogP contribution in [0.5, 0.6) is 0 Å². The van der Waals surface area contributed by atoms with Crippen molar-refractivity contribution in [2.24, 2.45) is 0 Å². The van der Waals surface area contributed by atoms with Crippen LogP contribution in [0.1, 0.15) is 24.5 Å². The maximum absolute atomic E-state index is 10.7. The van der Waals surface area contributed by atoms with E-state index < -0.39 is 0 Å². The SMILES string of the molecule is [O-]N(O)Cn1cnc2ccc(C3CCOCC3)nc21. The molecule has 2 aromatic heterocycles. The molecular weight excluding hydrogens is 248 g/mol. The number of imidazole rings is 1. The third kappa shape index (κ3) is 2.59. The van der Waals surface area contributed by atoms with Crippen molar-refractivity contribution in [3.05, 3.63) is 29.4 Å². The number of aromatic nitrogens is 3. The van der Waals surface area contributed by atoms with Crippen LogP contribution in [-0.4, -0.2) is 38.2 Å². The van der Waals surface area contributed by atoms with Crippen molar-refractivity contribution in [3.8, 4) is 0 Å². The highest BCUT2D eigenvalue weighted by molar-refractivity contribution is 5.70. The van der Waals surface area contributed by atoms with Gasteiger partial charge in [-0.25, -0.2) is 15.2 Å². The van der Waals surface area contributed by atoms with Crippen molar-refractivity contribution in [2.45, 2.75) is 25.4 Å².